The molecule has 2 aliphatic rings. The zero-order valence-corrected chi connectivity index (χ0v) is 28.4. The van der Waals surface area contributed by atoms with Crippen LogP contribution >= 0.6 is 0 Å². The Morgan fingerprint density at radius 3 is 1.27 bits per heavy atom. The Morgan fingerprint density at radius 1 is 0.625 bits per heavy atom. The van der Waals surface area contributed by atoms with E-state index in [1.165, 1.54) is 14.2 Å². The summed E-state index contributed by atoms with van der Waals surface area (Å²) in [4.78, 5) is 84.4. The molecule has 0 aromatic heterocycles. The average molecular weight is 667 g/mol. The fourth-order valence-corrected chi connectivity index (χ4v) is 6.45. The number of alkyl carbamates (subject to hydrolysis) is 2. The molecule has 6 amide bonds. The van der Waals surface area contributed by atoms with Crippen LogP contribution in [0.5, 0.6) is 0 Å². The highest BCUT2D eigenvalue weighted by Gasteiger charge is 2.71. The zero-order valence-electron chi connectivity index (χ0n) is 28.4. The predicted octanol–water partition coefficient (Wildman–Crippen LogP) is 4.92. The highest BCUT2D eigenvalue weighted by molar-refractivity contribution is 6.28. The fraction of sp³-hybridized carbons (Fsp3) is 0.471. The van der Waals surface area contributed by atoms with E-state index in [0.29, 0.717) is 0 Å². The Hall–Kier alpha value is -5.14. The van der Waals surface area contributed by atoms with Gasteiger partial charge in [0.15, 0.2) is 0 Å². The van der Waals surface area contributed by atoms with Crippen molar-refractivity contribution in [3.05, 3.63) is 59.7 Å². The van der Waals surface area contributed by atoms with Crippen molar-refractivity contribution in [1.29, 1.82) is 0 Å². The molecule has 258 valence electrons. The SMILES string of the molecule is COC(=O)NCCC1(C2(CCNC(=O)OC)C(=O)N(C(=O)OC(C)(C)C)c3ccccc32)C(=O)N(C(=O)OC(C)(C)C)c2ccccc21. The van der Waals surface area contributed by atoms with Gasteiger partial charge in [-0.3, -0.25) is 9.59 Å². The van der Waals surface area contributed by atoms with E-state index in [1.807, 2.05) is 0 Å². The van der Waals surface area contributed by atoms with Crippen molar-refractivity contribution in [2.45, 2.75) is 76.4 Å². The second-order valence-electron chi connectivity index (χ2n) is 13.4. The molecule has 0 aliphatic carbocycles. The number of hydrogen-bond donors (Lipinski definition) is 2. The maximum Gasteiger partial charge on any atom is 0.421 e. The largest absolute Gasteiger partial charge is 0.453 e. The van der Waals surface area contributed by atoms with Gasteiger partial charge in [-0.1, -0.05) is 36.4 Å². The van der Waals surface area contributed by atoms with Gasteiger partial charge in [-0.05, 0) is 77.6 Å². The van der Waals surface area contributed by atoms with Crippen LogP contribution in [0.15, 0.2) is 48.5 Å². The number of rotatable bonds is 7. The Bertz CT molecular complexity index is 1510. The summed E-state index contributed by atoms with van der Waals surface area (Å²) >= 11 is 0. The monoisotopic (exact) mass is 666 g/mol. The van der Waals surface area contributed by atoms with Crippen LogP contribution < -0.4 is 20.4 Å². The van der Waals surface area contributed by atoms with Crippen molar-refractivity contribution in [2.75, 3.05) is 37.1 Å². The molecule has 0 saturated heterocycles. The van der Waals surface area contributed by atoms with E-state index >= 15 is 9.59 Å². The number of imide groups is 2. The van der Waals surface area contributed by atoms with E-state index in [0.717, 1.165) is 9.80 Å². The summed E-state index contributed by atoms with van der Waals surface area (Å²) in [5, 5.41) is 5.18. The summed E-state index contributed by atoms with van der Waals surface area (Å²) in [6.07, 6.45) is -4.01. The van der Waals surface area contributed by atoms with Crippen molar-refractivity contribution in [2.24, 2.45) is 0 Å². The number of amides is 6. The Labute approximate surface area is 279 Å². The molecule has 0 spiro atoms. The lowest BCUT2D eigenvalue weighted by molar-refractivity contribution is -0.135. The summed E-state index contributed by atoms with van der Waals surface area (Å²) in [6, 6.07) is 12.9. The van der Waals surface area contributed by atoms with Crippen molar-refractivity contribution in [1.82, 2.24) is 10.6 Å². The Morgan fingerprint density at radius 2 is 0.958 bits per heavy atom. The zero-order chi connectivity index (χ0) is 35.7. The third kappa shape index (κ3) is 6.26. The van der Waals surface area contributed by atoms with Gasteiger partial charge in [0.25, 0.3) is 0 Å². The van der Waals surface area contributed by atoms with Gasteiger partial charge in [0.05, 0.1) is 36.4 Å². The van der Waals surface area contributed by atoms with E-state index in [9.17, 15) is 19.2 Å². The quantitative estimate of drug-likeness (QED) is 0.387. The minimum absolute atomic E-state index is 0.163. The summed E-state index contributed by atoms with van der Waals surface area (Å²) in [7, 11) is 2.36. The molecule has 48 heavy (non-hydrogen) atoms. The maximum absolute atomic E-state index is 15.2. The van der Waals surface area contributed by atoms with Gasteiger partial charge in [-0.15, -0.1) is 0 Å². The van der Waals surface area contributed by atoms with Gasteiger partial charge < -0.3 is 29.6 Å². The Kier molecular flexibility index (Phi) is 9.79. The Balaban J connectivity index is 2.07. The van der Waals surface area contributed by atoms with Crippen LogP contribution in [-0.2, 0) is 39.4 Å². The number of nitrogens with one attached hydrogen (secondary N) is 2. The van der Waals surface area contributed by atoms with E-state index in [2.05, 4.69) is 10.6 Å². The van der Waals surface area contributed by atoms with Crippen LogP contribution in [0.2, 0.25) is 0 Å². The molecular formula is C34H42N4O10. The highest BCUT2D eigenvalue weighted by atomic mass is 16.6. The number of hydrogen-bond acceptors (Lipinski definition) is 10. The number of ether oxygens (including phenoxy) is 4. The molecule has 2 atom stereocenters. The lowest BCUT2D eigenvalue weighted by atomic mass is 9.54. The van der Waals surface area contributed by atoms with Crippen LogP contribution in [0.3, 0.4) is 0 Å². The molecule has 0 radical (unpaired) electrons. The van der Waals surface area contributed by atoms with Crippen molar-refractivity contribution < 1.29 is 47.7 Å². The smallest absolute Gasteiger partial charge is 0.421 e. The number of carbonyl (C=O) groups is 6. The first-order valence-corrected chi connectivity index (χ1v) is 15.4. The average Bonchev–Trinajstić information content (AvgIpc) is 3.41. The molecule has 2 aromatic rings. The first-order chi connectivity index (χ1) is 22.4. The normalized spacial score (nSPS) is 20.1. The molecule has 0 saturated carbocycles. The second-order valence-corrected chi connectivity index (χ2v) is 13.4. The molecule has 0 fully saturated rings. The summed E-state index contributed by atoms with van der Waals surface area (Å²) in [5.74, 6) is -1.64. The standard InChI is InChI=1S/C34H42N4O10/c1-31(2,3)47-29(43)37-23-15-11-9-13-21(23)33(25(37)39,17-19-35-27(41)45-7)34(18-20-36-28(42)46-8)22-14-10-12-16-24(22)38(26(34)40)30(44)48-32(4,5)6/h9-16H,17-20H2,1-8H3,(H,35,41)(H,36,42). The van der Waals surface area contributed by atoms with Crippen LogP contribution in [-0.4, -0.2) is 74.7 Å². The van der Waals surface area contributed by atoms with E-state index in [1.54, 1.807) is 90.1 Å². The second kappa shape index (κ2) is 13.2. The predicted molar refractivity (Wildman–Crippen MR) is 174 cm³/mol. The van der Waals surface area contributed by atoms with Crippen LogP contribution in [0.4, 0.5) is 30.6 Å². The van der Waals surface area contributed by atoms with Gasteiger partial charge >= 0.3 is 24.4 Å². The van der Waals surface area contributed by atoms with E-state index in [4.69, 9.17) is 18.9 Å². The number of methoxy groups -OCH3 is 2. The number of nitrogens with zero attached hydrogens (tertiary/aromatic N) is 2. The molecule has 4 rings (SSSR count). The van der Waals surface area contributed by atoms with Gasteiger partial charge in [0.1, 0.15) is 11.2 Å². The molecule has 2 heterocycles. The first-order valence-electron chi connectivity index (χ1n) is 15.4. The summed E-state index contributed by atoms with van der Waals surface area (Å²) in [5.41, 5.74) is -5.01. The molecule has 14 nitrogen and oxygen atoms in total. The van der Waals surface area contributed by atoms with Crippen molar-refractivity contribution in [3.63, 3.8) is 0 Å². The number of carbonyl (C=O) groups excluding carboxylic acids is 6. The third-order valence-electron chi connectivity index (χ3n) is 8.14. The third-order valence-corrected chi connectivity index (χ3v) is 8.14. The molecule has 0 bridgehead atoms. The minimum Gasteiger partial charge on any atom is -0.453 e. The van der Waals surface area contributed by atoms with Crippen LogP contribution in [0.1, 0.15) is 65.5 Å². The molecule has 2 N–H and O–H groups in total. The minimum atomic E-state index is -1.96. The van der Waals surface area contributed by atoms with Crippen LogP contribution in [0, 0.1) is 0 Å². The van der Waals surface area contributed by atoms with Crippen molar-refractivity contribution in [3.8, 4) is 0 Å². The lowest BCUT2D eigenvalue weighted by Crippen LogP contribution is -2.62. The highest BCUT2D eigenvalue weighted by Crippen LogP contribution is 2.61. The topological polar surface area (TPSA) is 170 Å². The number of para-hydroxylation sites is 2. The molecule has 2 unspecified atom stereocenters. The van der Waals surface area contributed by atoms with Crippen LogP contribution in [0.25, 0.3) is 0 Å². The van der Waals surface area contributed by atoms with Crippen molar-refractivity contribution >= 4 is 47.6 Å². The number of anilines is 2. The fourth-order valence-electron chi connectivity index (χ4n) is 6.45. The maximum atomic E-state index is 15.2. The first kappa shape index (κ1) is 35.7. The van der Waals surface area contributed by atoms with Gasteiger partial charge in [-0.25, -0.2) is 29.0 Å². The van der Waals surface area contributed by atoms with Gasteiger partial charge in [0, 0.05) is 13.1 Å². The van der Waals surface area contributed by atoms with Gasteiger partial charge in [0.2, 0.25) is 11.8 Å². The van der Waals surface area contributed by atoms with E-state index in [-0.39, 0.29) is 48.4 Å². The molecule has 2 aromatic carbocycles. The number of benzene rings is 2. The molecule has 14 heteroatoms. The molecular weight excluding hydrogens is 624 g/mol. The molecule has 2 aliphatic heterocycles. The summed E-state index contributed by atoms with van der Waals surface area (Å²) in [6.45, 7) is 9.54. The van der Waals surface area contributed by atoms with E-state index < -0.39 is 58.2 Å². The van der Waals surface area contributed by atoms with Gasteiger partial charge in [-0.2, -0.15) is 0 Å². The lowest BCUT2D eigenvalue weighted by Gasteiger charge is -2.44. The number of fused-ring (bicyclic) bond motifs is 2. The summed E-state index contributed by atoms with van der Waals surface area (Å²) < 4.78 is 20.9.